The highest BCUT2D eigenvalue weighted by atomic mass is 35.5. The van der Waals surface area contributed by atoms with E-state index in [1.54, 1.807) is 31.2 Å². The molecule has 5 N–H and O–H groups in total. The van der Waals surface area contributed by atoms with Gasteiger partial charge in [-0.2, -0.15) is 11.8 Å². The first-order valence-electron chi connectivity index (χ1n) is 13.4. The first-order chi connectivity index (χ1) is 18.6. The molecule has 2 aliphatic rings. The molecule has 10 nitrogen and oxygen atoms in total. The standard InChI is InChI=1S/C27H38ClN5O5S/c1-4-29-26(37)24(35)18(13-16-9-11-17(28)12-10-16)30-25(36)22(15(2)3)32-21(34)8-6-5-7-20-23-19(14-39-20)31-27(38)33-23/h9-12,15,18-20,22-23H,4-8,13-14H2,1-3H3,(H,29,37)(H,30,36)(H,32,34)(H2,31,33,38). The number of likely N-dealkylation sites (N-methyl/N-ethyl adjacent to an activating group) is 1. The van der Waals surface area contributed by atoms with Crippen LogP contribution in [0.2, 0.25) is 5.02 Å². The molecule has 0 radical (unpaired) electrons. The van der Waals surface area contributed by atoms with Crippen molar-refractivity contribution >= 4 is 52.9 Å². The number of amides is 5. The lowest BCUT2D eigenvalue weighted by molar-refractivity contribution is -0.140. The lowest BCUT2D eigenvalue weighted by Crippen LogP contribution is -2.56. The fraction of sp³-hybridized carbons (Fsp3) is 0.593. The Labute approximate surface area is 238 Å². The zero-order valence-corrected chi connectivity index (χ0v) is 24.1. The summed E-state index contributed by atoms with van der Waals surface area (Å²) >= 11 is 7.79. The zero-order valence-electron chi connectivity index (χ0n) is 22.6. The lowest BCUT2D eigenvalue weighted by atomic mass is 9.98. The molecule has 0 bridgehead atoms. The van der Waals surface area contributed by atoms with E-state index in [0.717, 1.165) is 24.2 Å². The van der Waals surface area contributed by atoms with Gasteiger partial charge in [-0.1, -0.05) is 44.0 Å². The molecule has 0 aliphatic carbocycles. The van der Waals surface area contributed by atoms with E-state index in [0.29, 0.717) is 16.7 Å². The van der Waals surface area contributed by atoms with E-state index in [4.69, 9.17) is 11.6 Å². The minimum Gasteiger partial charge on any atom is -0.350 e. The molecular formula is C27H38ClN5O5S. The second kappa shape index (κ2) is 14.6. The van der Waals surface area contributed by atoms with Crippen LogP contribution in [-0.2, 0) is 25.6 Å². The summed E-state index contributed by atoms with van der Waals surface area (Å²) in [7, 11) is 0. The topological polar surface area (TPSA) is 146 Å². The SMILES string of the molecule is CCNC(=O)C(=O)C(Cc1ccc(Cl)cc1)NC(=O)C(NC(=O)CCCCC1SCC2NC(=O)NC21)C(C)C. The molecule has 2 aliphatic heterocycles. The van der Waals surface area contributed by atoms with E-state index < -0.39 is 29.7 Å². The molecular weight excluding hydrogens is 542 g/mol. The van der Waals surface area contributed by atoms with Gasteiger partial charge in [-0.15, -0.1) is 0 Å². The Hall–Kier alpha value is -2.79. The summed E-state index contributed by atoms with van der Waals surface area (Å²) in [4.78, 5) is 62.6. The van der Waals surface area contributed by atoms with E-state index in [2.05, 4.69) is 26.6 Å². The average Bonchev–Trinajstić information content (AvgIpc) is 3.44. The Morgan fingerprint density at radius 3 is 2.46 bits per heavy atom. The number of fused-ring (bicyclic) bond motifs is 1. The number of hydrogen-bond donors (Lipinski definition) is 5. The fourth-order valence-electron chi connectivity index (χ4n) is 4.79. The highest BCUT2D eigenvalue weighted by Crippen LogP contribution is 2.33. The van der Waals surface area contributed by atoms with Crippen LogP contribution in [0.3, 0.4) is 0 Å². The summed E-state index contributed by atoms with van der Waals surface area (Å²) in [6, 6.07) is 5.04. The van der Waals surface area contributed by atoms with Gasteiger partial charge in [-0.25, -0.2) is 4.79 Å². The molecule has 5 amide bonds. The first-order valence-corrected chi connectivity index (χ1v) is 14.9. The number of nitrogens with one attached hydrogen (secondary N) is 5. The van der Waals surface area contributed by atoms with Gasteiger partial charge in [-0.3, -0.25) is 19.2 Å². The van der Waals surface area contributed by atoms with Crippen molar-refractivity contribution in [3.05, 3.63) is 34.9 Å². The van der Waals surface area contributed by atoms with Crippen LogP contribution in [0, 0.1) is 5.92 Å². The largest absolute Gasteiger partial charge is 0.350 e. The normalized spacial score (nSPS) is 21.4. The number of Topliss-reactive ketones (excluding diaryl/α,β-unsaturated/α-hetero) is 1. The van der Waals surface area contributed by atoms with Crippen LogP contribution >= 0.6 is 23.4 Å². The Morgan fingerprint density at radius 1 is 1.08 bits per heavy atom. The number of urea groups is 1. The predicted octanol–water partition coefficient (Wildman–Crippen LogP) is 1.94. The summed E-state index contributed by atoms with van der Waals surface area (Å²) in [6.45, 7) is 5.60. The molecule has 2 fully saturated rings. The number of unbranched alkanes of at least 4 members (excludes halogenated alkanes) is 1. The first kappa shape index (κ1) is 30.7. The highest BCUT2D eigenvalue weighted by Gasteiger charge is 2.42. The van der Waals surface area contributed by atoms with Gasteiger partial charge in [0.2, 0.25) is 17.6 Å². The maximum atomic E-state index is 13.2. The van der Waals surface area contributed by atoms with Gasteiger partial charge in [-0.05, 0) is 43.4 Å². The molecule has 2 saturated heterocycles. The molecule has 0 spiro atoms. The zero-order chi connectivity index (χ0) is 28.5. The van der Waals surface area contributed by atoms with Crippen LogP contribution in [0.4, 0.5) is 4.79 Å². The van der Waals surface area contributed by atoms with E-state index >= 15 is 0 Å². The van der Waals surface area contributed by atoms with Crippen LogP contribution in [-0.4, -0.2) is 71.3 Å². The maximum Gasteiger partial charge on any atom is 0.315 e. The third-order valence-electron chi connectivity index (χ3n) is 6.89. The number of benzene rings is 1. The van der Waals surface area contributed by atoms with Crippen LogP contribution in [0.1, 0.15) is 52.0 Å². The summed E-state index contributed by atoms with van der Waals surface area (Å²) in [6.07, 6.45) is 2.74. The van der Waals surface area contributed by atoms with E-state index in [9.17, 15) is 24.0 Å². The third-order valence-corrected chi connectivity index (χ3v) is 8.65. The van der Waals surface area contributed by atoms with Crippen molar-refractivity contribution < 1.29 is 24.0 Å². The molecule has 0 saturated carbocycles. The van der Waals surface area contributed by atoms with Gasteiger partial charge < -0.3 is 26.6 Å². The second-order valence-electron chi connectivity index (χ2n) is 10.3. The van der Waals surface area contributed by atoms with Crippen LogP contribution in [0.5, 0.6) is 0 Å². The van der Waals surface area contributed by atoms with E-state index in [1.807, 2.05) is 25.6 Å². The smallest absolute Gasteiger partial charge is 0.315 e. The fourth-order valence-corrected chi connectivity index (χ4v) is 6.46. The molecule has 3 rings (SSSR count). The molecule has 1 aromatic rings. The van der Waals surface area contributed by atoms with E-state index in [1.165, 1.54) is 0 Å². The van der Waals surface area contributed by atoms with Gasteiger partial charge in [0.1, 0.15) is 12.1 Å². The Balaban J connectivity index is 1.53. The minimum absolute atomic E-state index is 0.106. The summed E-state index contributed by atoms with van der Waals surface area (Å²) < 4.78 is 0. The molecule has 5 atom stereocenters. The van der Waals surface area contributed by atoms with Gasteiger partial charge in [0, 0.05) is 35.4 Å². The van der Waals surface area contributed by atoms with E-state index in [-0.39, 0.29) is 49.3 Å². The van der Waals surface area contributed by atoms with Crippen molar-refractivity contribution in [3.63, 3.8) is 0 Å². The Bertz CT molecular complexity index is 1050. The molecule has 5 unspecified atom stereocenters. The van der Waals surface area contributed by atoms with Crippen LogP contribution < -0.4 is 26.6 Å². The van der Waals surface area contributed by atoms with Crippen molar-refractivity contribution in [2.24, 2.45) is 5.92 Å². The number of carbonyl (C=O) groups excluding carboxylic acids is 5. The number of rotatable bonds is 14. The Morgan fingerprint density at radius 2 is 1.79 bits per heavy atom. The predicted molar refractivity (Wildman–Crippen MR) is 152 cm³/mol. The number of hydrogen-bond acceptors (Lipinski definition) is 6. The number of halogens is 1. The third kappa shape index (κ3) is 8.86. The number of carbonyl (C=O) groups is 5. The highest BCUT2D eigenvalue weighted by molar-refractivity contribution is 8.00. The molecule has 12 heteroatoms. The Kier molecular flexibility index (Phi) is 11.5. The lowest BCUT2D eigenvalue weighted by Gasteiger charge is -2.25. The maximum absolute atomic E-state index is 13.2. The van der Waals surface area contributed by atoms with Crippen molar-refractivity contribution in [3.8, 4) is 0 Å². The molecule has 214 valence electrons. The average molecular weight is 580 g/mol. The van der Waals surface area contributed by atoms with Crippen LogP contribution in [0.15, 0.2) is 24.3 Å². The van der Waals surface area contributed by atoms with Crippen molar-refractivity contribution in [1.82, 2.24) is 26.6 Å². The van der Waals surface area contributed by atoms with Crippen molar-refractivity contribution in [1.29, 1.82) is 0 Å². The minimum atomic E-state index is -1.10. The molecule has 0 aromatic heterocycles. The quantitative estimate of drug-likeness (QED) is 0.129. The number of ketones is 1. The molecule has 39 heavy (non-hydrogen) atoms. The van der Waals surface area contributed by atoms with Gasteiger partial charge in [0.05, 0.1) is 12.1 Å². The molecule has 2 heterocycles. The monoisotopic (exact) mass is 579 g/mol. The van der Waals surface area contributed by atoms with Gasteiger partial charge in [0.15, 0.2) is 0 Å². The summed E-state index contributed by atoms with van der Waals surface area (Å²) in [5.41, 5.74) is 0.729. The molecule has 1 aromatic carbocycles. The second-order valence-corrected chi connectivity index (χ2v) is 12.0. The summed E-state index contributed by atoms with van der Waals surface area (Å²) in [5.74, 6) is -1.65. The van der Waals surface area contributed by atoms with Crippen molar-refractivity contribution in [2.45, 2.75) is 82.3 Å². The number of thioether (sulfide) groups is 1. The summed E-state index contributed by atoms with van der Waals surface area (Å²) in [5, 5.41) is 14.7. The van der Waals surface area contributed by atoms with Gasteiger partial charge >= 0.3 is 6.03 Å². The van der Waals surface area contributed by atoms with Crippen molar-refractivity contribution in [2.75, 3.05) is 12.3 Å². The van der Waals surface area contributed by atoms with Gasteiger partial charge in [0.25, 0.3) is 5.91 Å². The van der Waals surface area contributed by atoms with Crippen LogP contribution in [0.25, 0.3) is 0 Å².